The molecular formula is C23H26O3. The molecule has 1 saturated carbocycles. The Morgan fingerprint density at radius 1 is 0.846 bits per heavy atom. The third-order valence-corrected chi connectivity index (χ3v) is 5.23. The fourth-order valence-electron chi connectivity index (χ4n) is 3.91. The molecule has 0 heterocycles. The lowest BCUT2D eigenvalue weighted by atomic mass is 9.83. The molecule has 1 aliphatic rings. The van der Waals surface area contributed by atoms with Crippen LogP contribution < -0.4 is 0 Å². The molecule has 0 unspecified atom stereocenters. The smallest absolute Gasteiger partial charge is 0.130 e. The van der Waals surface area contributed by atoms with Crippen molar-refractivity contribution < 1.29 is 15.0 Å². The van der Waals surface area contributed by atoms with Gasteiger partial charge in [0.1, 0.15) is 17.3 Å². The van der Waals surface area contributed by atoms with Gasteiger partial charge >= 0.3 is 0 Å². The predicted molar refractivity (Wildman–Crippen MR) is 104 cm³/mol. The van der Waals surface area contributed by atoms with Crippen LogP contribution in [0, 0.1) is 5.92 Å². The molecule has 2 aromatic rings. The number of benzene rings is 2. The maximum Gasteiger partial charge on any atom is 0.130 e. The standard InChI is InChI=1S/C23H26O3/c1-16(24)6-15-22(17-4-2-3-5-17)23(18-7-11-20(25)12-8-18)19-9-13-21(26)14-10-19/h7-14,17,25-26H,2-6,15H2,1H3. The van der Waals surface area contributed by atoms with Crippen LogP contribution in [0.25, 0.3) is 5.57 Å². The summed E-state index contributed by atoms with van der Waals surface area (Å²) in [6, 6.07) is 14.5. The number of hydrogen-bond acceptors (Lipinski definition) is 3. The van der Waals surface area contributed by atoms with Crippen molar-refractivity contribution in [1.29, 1.82) is 0 Å². The second-order valence-electron chi connectivity index (χ2n) is 7.18. The normalized spacial score (nSPS) is 14.3. The summed E-state index contributed by atoms with van der Waals surface area (Å²) in [4.78, 5) is 11.7. The van der Waals surface area contributed by atoms with Crippen LogP contribution >= 0.6 is 0 Å². The lowest BCUT2D eigenvalue weighted by Gasteiger charge is -2.22. The van der Waals surface area contributed by atoms with E-state index in [1.54, 1.807) is 31.2 Å². The van der Waals surface area contributed by atoms with Crippen molar-refractivity contribution in [2.75, 3.05) is 0 Å². The number of aromatic hydroxyl groups is 2. The van der Waals surface area contributed by atoms with Gasteiger partial charge in [0.05, 0.1) is 0 Å². The lowest BCUT2D eigenvalue weighted by molar-refractivity contribution is -0.117. The number of phenols is 2. The molecule has 0 radical (unpaired) electrons. The van der Waals surface area contributed by atoms with Crippen molar-refractivity contribution in [2.24, 2.45) is 5.92 Å². The van der Waals surface area contributed by atoms with Gasteiger partial charge in [0.2, 0.25) is 0 Å². The molecule has 0 saturated heterocycles. The summed E-state index contributed by atoms with van der Waals surface area (Å²) in [5, 5.41) is 19.4. The number of hydrogen-bond donors (Lipinski definition) is 2. The summed E-state index contributed by atoms with van der Waals surface area (Å²) in [7, 11) is 0. The minimum atomic E-state index is 0.205. The topological polar surface area (TPSA) is 57.5 Å². The van der Waals surface area contributed by atoms with Crippen LogP contribution in [-0.2, 0) is 4.79 Å². The number of ketones is 1. The van der Waals surface area contributed by atoms with Crippen molar-refractivity contribution in [2.45, 2.75) is 45.4 Å². The highest BCUT2D eigenvalue weighted by Gasteiger charge is 2.24. The van der Waals surface area contributed by atoms with E-state index in [4.69, 9.17) is 0 Å². The number of Topliss-reactive ketones (excluding diaryl/α,β-unsaturated/α-hetero) is 1. The lowest BCUT2D eigenvalue weighted by Crippen LogP contribution is -2.06. The van der Waals surface area contributed by atoms with Crippen LogP contribution in [0.1, 0.15) is 56.6 Å². The van der Waals surface area contributed by atoms with Crippen LogP contribution in [-0.4, -0.2) is 16.0 Å². The van der Waals surface area contributed by atoms with Crippen molar-refractivity contribution in [3.05, 3.63) is 65.2 Å². The van der Waals surface area contributed by atoms with Crippen LogP contribution in [0.15, 0.2) is 54.1 Å². The molecule has 26 heavy (non-hydrogen) atoms. The first-order chi connectivity index (χ1) is 12.5. The Morgan fingerprint density at radius 3 is 1.73 bits per heavy atom. The first-order valence-corrected chi connectivity index (χ1v) is 9.36. The summed E-state index contributed by atoms with van der Waals surface area (Å²) in [5.41, 5.74) is 4.55. The van der Waals surface area contributed by atoms with Crippen LogP contribution in [0.5, 0.6) is 11.5 Å². The van der Waals surface area contributed by atoms with E-state index in [-0.39, 0.29) is 17.3 Å². The molecular weight excluding hydrogens is 324 g/mol. The van der Waals surface area contributed by atoms with Gasteiger partial charge in [-0.3, -0.25) is 0 Å². The Hall–Kier alpha value is -2.55. The summed E-state index contributed by atoms with van der Waals surface area (Å²) >= 11 is 0. The minimum absolute atomic E-state index is 0.205. The summed E-state index contributed by atoms with van der Waals surface area (Å²) in [6.45, 7) is 1.65. The SMILES string of the molecule is CC(=O)CCC(=C(c1ccc(O)cc1)c1ccc(O)cc1)C1CCCC1. The predicted octanol–water partition coefficient (Wildman–Crippen LogP) is 5.46. The van der Waals surface area contributed by atoms with E-state index in [0.29, 0.717) is 12.3 Å². The average molecular weight is 350 g/mol. The quantitative estimate of drug-likeness (QED) is 0.727. The van der Waals surface area contributed by atoms with Crippen LogP contribution in [0.4, 0.5) is 0 Å². The van der Waals surface area contributed by atoms with Gasteiger partial charge in [-0.25, -0.2) is 0 Å². The zero-order valence-corrected chi connectivity index (χ0v) is 15.2. The molecule has 0 spiro atoms. The van der Waals surface area contributed by atoms with E-state index in [0.717, 1.165) is 36.0 Å². The molecule has 0 amide bonds. The summed E-state index contributed by atoms with van der Waals surface area (Å²) in [5.74, 6) is 1.18. The van der Waals surface area contributed by atoms with E-state index < -0.39 is 0 Å². The Kier molecular flexibility index (Phi) is 5.77. The Bertz CT molecular complexity index is 732. The van der Waals surface area contributed by atoms with E-state index >= 15 is 0 Å². The first kappa shape index (κ1) is 18.2. The first-order valence-electron chi connectivity index (χ1n) is 9.36. The summed E-state index contributed by atoms with van der Waals surface area (Å²) in [6.07, 6.45) is 6.09. The van der Waals surface area contributed by atoms with Gasteiger partial charge in [-0.05, 0) is 73.1 Å². The maximum atomic E-state index is 11.7. The molecule has 3 heteroatoms. The fraction of sp³-hybridized carbons (Fsp3) is 0.348. The van der Waals surface area contributed by atoms with E-state index in [2.05, 4.69) is 0 Å². The van der Waals surface area contributed by atoms with Gasteiger partial charge in [0, 0.05) is 6.42 Å². The average Bonchev–Trinajstić information content (AvgIpc) is 3.15. The monoisotopic (exact) mass is 350 g/mol. The molecule has 3 nitrogen and oxygen atoms in total. The molecule has 0 aromatic heterocycles. The van der Waals surface area contributed by atoms with Gasteiger partial charge in [0.15, 0.2) is 0 Å². The van der Waals surface area contributed by atoms with Crippen molar-refractivity contribution in [3.63, 3.8) is 0 Å². The zero-order chi connectivity index (χ0) is 18.5. The minimum Gasteiger partial charge on any atom is -0.508 e. The molecule has 2 N–H and O–H groups in total. The second-order valence-corrected chi connectivity index (χ2v) is 7.18. The molecule has 0 aliphatic heterocycles. The number of carbonyl (C=O) groups is 1. The van der Waals surface area contributed by atoms with Gasteiger partial charge in [0.25, 0.3) is 0 Å². The fourth-order valence-corrected chi connectivity index (χ4v) is 3.91. The van der Waals surface area contributed by atoms with E-state index in [1.807, 2.05) is 24.3 Å². The van der Waals surface area contributed by atoms with Gasteiger partial charge in [-0.15, -0.1) is 0 Å². The van der Waals surface area contributed by atoms with Crippen LogP contribution in [0.3, 0.4) is 0 Å². The van der Waals surface area contributed by atoms with Crippen molar-refractivity contribution >= 4 is 11.4 Å². The molecule has 0 bridgehead atoms. The van der Waals surface area contributed by atoms with Crippen LogP contribution in [0.2, 0.25) is 0 Å². The third kappa shape index (κ3) is 4.34. The van der Waals surface area contributed by atoms with Gasteiger partial charge in [-0.1, -0.05) is 42.7 Å². The van der Waals surface area contributed by atoms with E-state index in [1.165, 1.54) is 18.4 Å². The number of rotatable bonds is 6. The summed E-state index contributed by atoms with van der Waals surface area (Å²) < 4.78 is 0. The molecule has 1 fully saturated rings. The molecule has 2 aromatic carbocycles. The number of phenolic OH excluding ortho intramolecular Hbond substituents is 2. The number of allylic oxidation sites excluding steroid dienone is 1. The van der Waals surface area contributed by atoms with E-state index in [9.17, 15) is 15.0 Å². The molecule has 1 aliphatic carbocycles. The van der Waals surface area contributed by atoms with Crippen molar-refractivity contribution in [1.82, 2.24) is 0 Å². The maximum absolute atomic E-state index is 11.7. The molecule has 0 atom stereocenters. The Labute approximate surface area is 155 Å². The number of carbonyl (C=O) groups excluding carboxylic acids is 1. The highest BCUT2D eigenvalue weighted by molar-refractivity contribution is 5.84. The zero-order valence-electron chi connectivity index (χ0n) is 15.2. The highest BCUT2D eigenvalue weighted by atomic mass is 16.3. The Morgan fingerprint density at radius 2 is 1.31 bits per heavy atom. The van der Waals surface area contributed by atoms with Gasteiger partial charge in [-0.2, -0.15) is 0 Å². The second kappa shape index (κ2) is 8.22. The largest absolute Gasteiger partial charge is 0.508 e. The molecule has 136 valence electrons. The third-order valence-electron chi connectivity index (χ3n) is 5.23. The Balaban J connectivity index is 2.15. The molecule has 3 rings (SSSR count). The van der Waals surface area contributed by atoms with Crippen molar-refractivity contribution in [3.8, 4) is 11.5 Å². The highest BCUT2D eigenvalue weighted by Crippen LogP contribution is 2.40. The van der Waals surface area contributed by atoms with Gasteiger partial charge < -0.3 is 15.0 Å².